The SMILES string of the molecule is [2H]c1c([2H])c([2H])c(-c2c([2H])c([2H])c(N(c3cccc(-c4cccc5ccccc45)c3)c3ccc4c(c3)C(C)(C)c3ccccc3-4)c([2H])c2[2H])c([2H])c1[2H]. The van der Waals surface area contributed by atoms with E-state index in [0.29, 0.717) is 11.4 Å². The van der Waals surface area contributed by atoms with Crippen molar-refractivity contribution in [1.82, 2.24) is 0 Å². The molecule has 1 aliphatic rings. The molecule has 0 aromatic heterocycles. The lowest BCUT2D eigenvalue weighted by Gasteiger charge is -2.28. The molecule has 0 saturated heterocycles. The molecule has 0 spiro atoms. The lowest BCUT2D eigenvalue weighted by Crippen LogP contribution is -2.16. The van der Waals surface area contributed by atoms with E-state index in [-0.39, 0.29) is 22.2 Å². The average Bonchev–Trinajstić information content (AvgIpc) is 3.40. The van der Waals surface area contributed by atoms with Gasteiger partial charge in [0.1, 0.15) is 0 Å². The van der Waals surface area contributed by atoms with Crippen LogP contribution in [0.1, 0.15) is 37.3 Å². The first-order valence-electron chi connectivity index (χ1n) is 19.1. The minimum absolute atomic E-state index is 0.0283. The van der Waals surface area contributed by atoms with E-state index in [4.69, 9.17) is 6.85 Å². The summed E-state index contributed by atoms with van der Waals surface area (Å²) in [4.78, 5) is 1.74. The van der Waals surface area contributed by atoms with E-state index in [0.717, 1.165) is 38.6 Å². The maximum Gasteiger partial charge on any atom is 0.0645 e. The molecule has 8 rings (SSSR count). The molecule has 0 aliphatic heterocycles. The third-order valence-corrected chi connectivity index (χ3v) is 8.62. The van der Waals surface area contributed by atoms with E-state index in [1.54, 1.807) is 4.90 Å². The zero-order valence-corrected chi connectivity index (χ0v) is 24.3. The van der Waals surface area contributed by atoms with Crippen molar-refractivity contribution < 1.29 is 12.3 Å². The van der Waals surface area contributed by atoms with Gasteiger partial charge in [-0.1, -0.05) is 141 Å². The van der Waals surface area contributed by atoms with E-state index >= 15 is 0 Å². The molecule has 0 fully saturated rings. The van der Waals surface area contributed by atoms with Gasteiger partial charge in [0.25, 0.3) is 0 Å². The van der Waals surface area contributed by atoms with E-state index in [2.05, 4.69) is 50.2 Å². The van der Waals surface area contributed by atoms with Crippen molar-refractivity contribution in [2.24, 2.45) is 0 Å². The predicted molar refractivity (Wildman–Crippen MR) is 187 cm³/mol. The number of nitrogens with zero attached hydrogens (tertiary/aromatic N) is 1. The van der Waals surface area contributed by atoms with Crippen molar-refractivity contribution in [3.05, 3.63) is 175 Å². The highest BCUT2D eigenvalue weighted by Gasteiger charge is 2.35. The quantitative estimate of drug-likeness (QED) is 0.198. The van der Waals surface area contributed by atoms with Crippen LogP contribution < -0.4 is 4.90 Å². The van der Waals surface area contributed by atoms with Crippen LogP contribution in [0.25, 0.3) is 44.2 Å². The van der Waals surface area contributed by atoms with Gasteiger partial charge >= 0.3 is 0 Å². The second kappa shape index (κ2) is 10.4. The highest BCUT2D eigenvalue weighted by atomic mass is 15.1. The molecule has 0 unspecified atom stereocenters. The van der Waals surface area contributed by atoms with Crippen LogP contribution in [0.3, 0.4) is 0 Å². The van der Waals surface area contributed by atoms with Crippen molar-refractivity contribution in [2.75, 3.05) is 4.90 Å². The molecule has 0 amide bonds. The number of anilines is 3. The Bertz CT molecular complexity index is 2600. The van der Waals surface area contributed by atoms with Gasteiger partial charge in [0.2, 0.25) is 0 Å². The fraction of sp³-hybridized carbons (Fsp3) is 0.0698. The van der Waals surface area contributed by atoms with Gasteiger partial charge in [0, 0.05) is 22.5 Å². The van der Waals surface area contributed by atoms with E-state index < -0.39 is 54.4 Å². The van der Waals surface area contributed by atoms with Gasteiger partial charge in [-0.3, -0.25) is 0 Å². The Kier molecular flexibility index (Phi) is 4.33. The number of hydrogen-bond acceptors (Lipinski definition) is 1. The van der Waals surface area contributed by atoms with E-state index in [9.17, 15) is 5.48 Å². The molecule has 1 heteroatoms. The molecule has 210 valence electrons. The molecule has 7 aromatic carbocycles. The van der Waals surface area contributed by atoms with E-state index in [1.807, 2.05) is 72.8 Å². The maximum absolute atomic E-state index is 9.42. The van der Waals surface area contributed by atoms with Crippen LogP contribution in [0, 0.1) is 0 Å². The molecule has 1 nitrogen and oxygen atoms in total. The van der Waals surface area contributed by atoms with Gasteiger partial charge in [0.05, 0.1) is 12.3 Å². The fourth-order valence-corrected chi connectivity index (χ4v) is 6.45. The van der Waals surface area contributed by atoms with Gasteiger partial charge < -0.3 is 4.90 Å². The third-order valence-electron chi connectivity index (χ3n) is 8.62. The Labute approximate surface area is 272 Å². The summed E-state index contributed by atoms with van der Waals surface area (Å²) in [7, 11) is 0. The standard InChI is InChI=1S/C43H33N/c1-43(2)41-21-9-8-19-39(41)40-27-26-36(29-42(40)43)44(34-24-22-31(23-25-34)30-12-4-3-5-13-30)35-17-10-16-33(28-35)38-20-11-15-32-14-6-7-18-37(32)38/h3-29H,1-2H3/i3D,4D,5D,12D,13D,22D,23D,24D,25D. The smallest absolute Gasteiger partial charge is 0.0645 e. The molecule has 0 heterocycles. The Hall–Kier alpha value is -5.40. The van der Waals surface area contributed by atoms with Crippen LogP contribution in [-0.2, 0) is 5.41 Å². The predicted octanol–water partition coefficient (Wildman–Crippen LogP) is 11.9. The Morgan fingerprint density at radius 1 is 0.477 bits per heavy atom. The van der Waals surface area contributed by atoms with E-state index in [1.165, 1.54) is 5.56 Å². The fourth-order valence-electron chi connectivity index (χ4n) is 6.45. The number of benzene rings is 7. The second-order valence-corrected chi connectivity index (χ2v) is 11.5. The summed E-state index contributed by atoms with van der Waals surface area (Å²) < 4.78 is 78.9. The Morgan fingerprint density at radius 2 is 1.14 bits per heavy atom. The van der Waals surface area contributed by atoms with Crippen LogP contribution in [0.5, 0.6) is 0 Å². The van der Waals surface area contributed by atoms with Crippen molar-refractivity contribution in [3.63, 3.8) is 0 Å². The number of fused-ring (bicyclic) bond motifs is 4. The van der Waals surface area contributed by atoms with Gasteiger partial charge in [0.15, 0.2) is 0 Å². The molecule has 44 heavy (non-hydrogen) atoms. The minimum Gasteiger partial charge on any atom is -0.310 e. The second-order valence-electron chi connectivity index (χ2n) is 11.5. The van der Waals surface area contributed by atoms with Crippen LogP contribution in [-0.4, -0.2) is 0 Å². The first-order chi connectivity index (χ1) is 25.3. The minimum atomic E-state index is -0.615. The van der Waals surface area contributed by atoms with Gasteiger partial charge in [-0.25, -0.2) is 0 Å². The maximum atomic E-state index is 9.42. The monoisotopic (exact) mass is 572 g/mol. The average molecular weight is 573 g/mol. The number of hydrogen-bond donors (Lipinski definition) is 0. The summed E-state index contributed by atoms with van der Waals surface area (Å²) in [6.07, 6.45) is 0. The molecular weight excluding hydrogens is 530 g/mol. The summed E-state index contributed by atoms with van der Waals surface area (Å²) in [5.41, 5.74) is 6.44. The van der Waals surface area contributed by atoms with Crippen molar-refractivity contribution in [3.8, 4) is 33.4 Å². The molecule has 0 radical (unpaired) electrons. The third kappa shape index (κ3) is 4.32. The molecule has 0 saturated carbocycles. The van der Waals surface area contributed by atoms with Crippen LogP contribution in [0.2, 0.25) is 0 Å². The van der Waals surface area contributed by atoms with Crippen LogP contribution >= 0.6 is 0 Å². The normalized spacial score (nSPS) is 15.8. The largest absolute Gasteiger partial charge is 0.310 e. The molecule has 0 N–H and O–H groups in total. The highest BCUT2D eigenvalue weighted by molar-refractivity contribution is 5.97. The summed E-state index contributed by atoms with van der Waals surface area (Å²) in [5, 5.41) is 2.14. The van der Waals surface area contributed by atoms with Gasteiger partial charge in [-0.2, -0.15) is 0 Å². The summed E-state index contributed by atoms with van der Waals surface area (Å²) in [6.45, 7) is 4.33. The highest BCUT2D eigenvalue weighted by Crippen LogP contribution is 2.50. The zero-order chi connectivity index (χ0) is 37.5. The number of rotatable bonds is 5. The summed E-state index contributed by atoms with van der Waals surface area (Å²) >= 11 is 0. The molecule has 1 aliphatic carbocycles. The van der Waals surface area contributed by atoms with Gasteiger partial charge in [-0.05, 0) is 91.6 Å². The molecule has 0 atom stereocenters. The molecular formula is C43H33N. The topological polar surface area (TPSA) is 3.24 Å². The summed E-state index contributed by atoms with van der Waals surface area (Å²) in [5.74, 6) is 0. The van der Waals surface area contributed by atoms with Crippen molar-refractivity contribution >= 4 is 27.8 Å². The summed E-state index contributed by atoms with van der Waals surface area (Å²) in [6, 6.07) is 31.4. The Balaban J connectivity index is 1.40. The van der Waals surface area contributed by atoms with Gasteiger partial charge in [-0.15, -0.1) is 0 Å². The van der Waals surface area contributed by atoms with Crippen LogP contribution in [0.15, 0.2) is 164 Å². The van der Waals surface area contributed by atoms with Crippen molar-refractivity contribution in [1.29, 1.82) is 0 Å². The first-order valence-corrected chi connectivity index (χ1v) is 14.6. The lowest BCUT2D eigenvalue weighted by molar-refractivity contribution is 0.660. The van der Waals surface area contributed by atoms with Crippen molar-refractivity contribution in [2.45, 2.75) is 19.3 Å². The van der Waals surface area contributed by atoms with Crippen LogP contribution in [0.4, 0.5) is 17.1 Å². The lowest BCUT2D eigenvalue weighted by atomic mass is 9.82. The molecule has 0 bridgehead atoms. The Morgan fingerprint density at radius 3 is 2.00 bits per heavy atom. The zero-order valence-electron chi connectivity index (χ0n) is 33.3. The molecule has 7 aromatic rings. The first kappa shape index (κ1) is 18.3.